The van der Waals surface area contributed by atoms with Crippen molar-refractivity contribution in [2.24, 2.45) is 0 Å². The van der Waals surface area contributed by atoms with Gasteiger partial charge >= 0.3 is 5.97 Å². The summed E-state index contributed by atoms with van der Waals surface area (Å²) in [5.41, 5.74) is 0.883. The SMILES string of the molecule is O=C(COC(=O)CNC(=O)c1ccc(F)cc1)NCc1ccc(F)cc1. The number of ether oxygens (including phenoxy) is 1. The lowest BCUT2D eigenvalue weighted by molar-refractivity contribution is -0.147. The van der Waals surface area contributed by atoms with E-state index in [1.54, 1.807) is 0 Å². The number of benzene rings is 2. The Balaban J connectivity index is 1.66. The number of esters is 1. The second-order valence-electron chi connectivity index (χ2n) is 5.25. The number of nitrogens with one attached hydrogen (secondary N) is 2. The molecule has 0 heterocycles. The summed E-state index contributed by atoms with van der Waals surface area (Å²) < 4.78 is 30.3. The molecule has 2 rings (SSSR count). The predicted octanol–water partition coefficient (Wildman–Crippen LogP) is 1.55. The lowest BCUT2D eigenvalue weighted by Crippen LogP contribution is -2.33. The summed E-state index contributed by atoms with van der Waals surface area (Å²) in [7, 11) is 0. The van der Waals surface area contributed by atoms with Gasteiger partial charge in [-0.2, -0.15) is 0 Å². The molecule has 2 aromatic rings. The van der Waals surface area contributed by atoms with Crippen LogP contribution in [-0.4, -0.2) is 30.9 Å². The highest BCUT2D eigenvalue weighted by molar-refractivity contribution is 5.96. The summed E-state index contributed by atoms with van der Waals surface area (Å²) in [4.78, 5) is 34.9. The summed E-state index contributed by atoms with van der Waals surface area (Å²) >= 11 is 0. The first-order valence-electron chi connectivity index (χ1n) is 7.64. The molecule has 2 amide bonds. The van der Waals surface area contributed by atoms with Gasteiger partial charge in [-0.05, 0) is 42.0 Å². The minimum absolute atomic E-state index is 0.165. The van der Waals surface area contributed by atoms with Crippen molar-refractivity contribution in [2.45, 2.75) is 6.54 Å². The molecular weight excluding hydrogens is 346 g/mol. The summed E-state index contributed by atoms with van der Waals surface area (Å²) in [6, 6.07) is 10.4. The van der Waals surface area contributed by atoms with Gasteiger partial charge in [-0.1, -0.05) is 12.1 Å². The van der Waals surface area contributed by atoms with Crippen LogP contribution in [0.4, 0.5) is 8.78 Å². The number of amides is 2. The number of rotatable bonds is 7. The van der Waals surface area contributed by atoms with Crippen LogP contribution >= 0.6 is 0 Å². The summed E-state index contributed by atoms with van der Waals surface area (Å²) in [5, 5.41) is 4.81. The van der Waals surface area contributed by atoms with E-state index in [9.17, 15) is 23.2 Å². The Morgan fingerprint density at radius 1 is 0.846 bits per heavy atom. The van der Waals surface area contributed by atoms with Crippen LogP contribution in [0.25, 0.3) is 0 Å². The van der Waals surface area contributed by atoms with E-state index in [1.165, 1.54) is 36.4 Å². The number of carbonyl (C=O) groups excluding carboxylic acids is 3. The van der Waals surface area contributed by atoms with Crippen LogP contribution in [-0.2, 0) is 20.9 Å². The van der Waals surface area contributed by atoms with E-state index >= 15 is 0 Å². The van der Waals surface area contributed by atoms with Gasteiger partial charge in [0.2, 0.25) is 0 Å². The topological polar surface area (TPSA) is 84.5 Å². The molecule has 0 atom stereocenters. The molecule has 6 nitrogen and oxygen atoms in total. The van der Waals surface area contributed by atoms with E-state index < -0.39 is 36.8 Å². The monoisotopic (exact) mass is 362 g/mol. The van der Waals surface area contributed by atoms with Crippen LogP contribution < -0.4 is 10.6 Å². The standard InChI is InChI=1S/C18H16F2N2O4/c19-14-5-1-12(2-6-14)9-21-16(23)11-26-17(24)10-22-18(25)13-3-7-15(20)8-4-13/h1-8H,9-11H2,(H,21,23)(H,22,25). The normalized spacial score (nSPS) is 10.1. The predicted molar refractivity (Wildman–Crippen MR) is 87.9 cm³/mol. The first-order chi connectivity index (χ1) is 12.4. The summed E-state index contributed by atoms with van der Waals surface area (Å²) in [6.45, 7) is -0.772. The Morgan fingerprint density at radius 2 is 1.42 bits per heavy atom. The van der Waals surface area contributed by atoms with Crippen molar-refractivity contribution in [2.75, 3.05) is 13.2 Å². The highest BCUT2D eigenvalue weighted by atomic mass is 19.1. The summed E-state index contributed by atoms with van der Waals surface area (Å²) in [6.07, 6.45) is 0. The number of hydrogen-bond donors (Lipinski definition) is 2. The average molecular weight is 362 g/mol. The third-order valence-corrected chi connectivity index (χ3v) is 3.27. The van der Waals surface area contributed by atoms with Crippen molar-refractivity contribution in [1.29, 1.82) is 0 Å². The van der Waals surface area contributed by atoms with Crippen molar-refractivity contribution in [3.8, 4) is 0 Å². The quantitative estimate of drug-likeness (QED) is 0.732. The number of halogens is 2. The van der Waals surface area contributed by atoms with E-state index in [4.69, 9.17) is 4.74 Å². The average Bonchev–Trinajstić information content (AvgIpc) is 2.64. The molecule has 0 aliphatic heterocycles. The van der Waals surface area contributed by atoms with Crippen LogP contribution in [0.2, 0.25) is 0 Å². The maximum atomic E-state index is 12.8. The smallest absolute Gasteiger partial charge is 0.325 e. The third kappa shape index (κ3) is 6.31. The van der Waals surface area contributed by atoms with Crippen LogP contribution in [0.3, 0.4) is 0 Å². The molecule has 0 aliphatic carbocycles. The molecule has 0 saturated heterocycles. The molecule has 136 valence electrons. The van der Waals surface area contributed by atoms with E-state index in [1.807, 2.05) is 0 Å². The Hall–Kier alpha value is -3.29. The Bertz CT molecular complexity index is 777. The molecule has 8 heteroatoms. The van der Waals surface area contributed by atoms with Gasteiger partial charge in [-0.15, -0.1) is 0 Å². The minimum Gasteiger partial charge on any atom is -0.454 e. The number of carbonyl (C=O) groups is 3. The molecule has 0 radical (unpaired) electrons. The van der Waals surface area contributed by atoms with E-state index in [0.29, 0.717) is 5.56 Å². The van der Waals surface area contributed by atoms with Crippen LogP contribution in [0.1, 0.15) is 15.9 Å². The van der Waals surface area contributed by atoms with Gasteiger partial charge in [0.25, 0.3) is 11.8 Å². The lowest BCUT2D eigenvalue weighted by atomic mass is 10.2. The first kappa shape index (κ1) is 19.0. The fourth-order valence-electron chi connectivity index (χ4n) is 1.91. The second-order valence-corrected chi connectivity index (χ2v) is 5.25. The highest BCUT2D eigenvalue weighted by Crippen LogP contribution is 2.03. The zero-order valence-electron chi connectivity index (χ0n) is 13.6. The van der Waals surface area contributed by atoms with Gasteiger partial charge in [0.15, 0.2) is 6.61 Å². The molecular formula is C18H16F2N2O4. The molecule has 0 aromatic heterocycles. The van der Waals surface area contributed by atoms with Crippen LogP contribution in [0.5, 0.6) is 0 Å². The van der Waals surface area contributed by atoms with Crippen molar-refractivity contribution < 1.29 is 27.9 Å². The van der Waals surface area contributed by atoms with Gasteiger partial charge in [0, 0.05) is 12.1 Å². The van der Waals surface area contributed by atoms with Gasteiger partial charge < -0.3 is 15.4 Å². The van der Waals surface area contributed by atoms with E-state index in [2.05, 4.69) is 10.6 Å². The second kappa shape index (κ2) is 9.26. The van der Waals surface area contributed by atoms with Gasteiger partial charge in [0.05, 0.1) is 0 Å². The zero-order chi connectivity index (χ0) is 18.9. The van der Waals surface area contributed by atoms with Crippen molar-refractivity contribution in [3.05, 3.63) is 71.3 Å². The maximum absolute atomic E-state index is 12.8. The maximum Gasteiger partial charge on any atom is 0.325 e. The van der Waals surface area contributed by atoms with Crippen molar-refractivity contribution in [3.63, 3.8) is 0 Å². The van der Waals surface area contributed by atoms with E-state index in [0.717, 1.165) is 12.1 Å². The molecule has 0 unspecified atom stereocenters. The third-order valence-electron chi connectivity index (χ3n) is 3.27. The molecule has 0 bridgehead atoms. The highest BCUT2D eigenvalue weighted by Gasteiger charge is 2.11. The first-order valence-corrected chi connectivity index (χ1v) is 7.64. The van der Waals surface area contributed by atoms with Crippen LogP contribution in [0.15, 0.2) is 48.5 Å². The van der Waals surface area contributed by atoms with Crippen molar-refractivity contribution in [1.82, 2.24) is 10.6 Å². The van der Waals surface area contributed by atoms with Crippen LogP contribution in [0, 0.1) is 11.6 Å². The Kier molecular flexibility index (Phi) is 6.78. The molecule has 0 aliphatic rings. The largest absolute Gasteiger partial charge is 0.454 e. The molecule has 2 N–H and O–H groups in total. The zero-order valence-corrected chi connectivity index (χ0v) is 13.6. The molecule has 0 fully saturated rings. The number of hydrogen-bond acceptors (Lipinski definition) is 4. The molecule has 0 spiro atoms. The fourth-order valence-corrected chi connectivity index (χ4v) is 1.91. The molecule has 26 heavy (non-hydrogen) atoms. The Labute approximate surface area is 148 Å². The van der Waals surface area contributed by atoms with E-state index in [-0.39, 0.29) is 17.9 Å². The Morgan fingerprint density at radius 3 is 2.04 bits per heavy atom. The molecule has 0 saturated carbocycles. The minimum atomic E-state index is -0.794. The van der Waals surface area contributed by atoms with Gasteiger partial charge in [-0.3, -0.25) is 14.4 Å². The summed E-state index contributed by atoms with van der Waals surface area (Å²) in [5.74, 6) is -2.75. The lowest BCUT2D eigenvalue weighted by Gasteiger charge is -2.08. The fraction of sp³-hybridized carbons (Fsp3) is 0.167. The van der Waals surface area contributed by atoms with Crippen molar-refractivity contribution >= 4 is 17.8 Å². The van der Waals surface area contributed by atoms with Gasteiger partial charge in [0.1, 0.15) is 18.2 Å². The van der Waals surface area contributed by atoms with Gasteiger partial charge in [-0.25, -0.2) is 8.78 Å². The molecule has 2 aromatic carbocycles.